The fourth-order valence-electron chi connectivity index (χ4n) is 0.851. The summed E-state index contributed by atoms with van der Waals surface area (Å²) in [5.41, 5.74) is 6.27. The van der Waals surface area contributed by atoms with Crippen LogP contribution >= 0.6 is 34.8 Å². The van der Waals surface area contributed by atoms with Crippen molar-refractivity contribution in [2.24, 2.45) is 0 Å². The summed E-state index contributed by atoms with van der Waals surface area (Å²) in [7, 11) is 0. The Balaban J connectivity index is 2.95. The average Bonchev–Trinajstić information content (AvgIpc) is 2.14. The van der Waals surface area contributed by atoms with Crippen molar-refractivity contribution in [2.75, 3.05) is 16.9 Å². The summed E-state index contributed by atoms with van der Waals surface area (Å²) < 4.78 is 0. The molecule has 0 aromatic heterocycles. The molecule has 3 N–H and O–H groups in total. The summed E-state index contributed by atoms with van der Waals surface area (Å²) in [5.74, 6) is -0.455. The topological polar surface area (TPSA) is 55.1 Å². The maximum Gasteiger partial charge on any atom is 0.239 e. The molecule has 0 aliphatic heterocycles. The zero-order chi connectivity index (χ0) is 10.7. The minimum Gasteiger partial charge on any atom is -0.396 e. The molecule has 6 heteroatoms. The SMILES string of the molecule is Nc1c(Cl)cc(NC(=O)CCl)cc1Cl. The Kier molecular flexibility index (Phi) is 3.86. The van der Waals surface area contributed by atoms with Gasteiger partial charge in [-0.1, -0.05) is 23.2 Å². The zero-order valence-corrected chi connectivity index (χ0v) is 9.25. The minimum atomic E-state index is -0.330. The van der Waals surface area contributed by atoms with Crippen molar-refractivity contribution in [3.63, 3.8) is 0 Å². The molecule has 14 heavy (non-hydrogen) atoms. The molecule has 0 radical (unpaired) electrons. The van der Waals surface area contributed by atoms with Crippen LogP contribution in [-0.4, -0.2) is 11.8 Å². The van der Waals surface area contributed by atoms with Gasteiger partial charge in [0.25, 0.3) is 0 Å². The standard InChI is InChI=1S/C8H7Cl3N2O/c9-3-7(14)13-4-1-5(10)8(12)6(11)2-4/h1-2H,3,12H2,(H,13,14). The number of benzene rings is 1. The molecule has 0 saturated heterocycles. The first-order valence-corrected chi connectivity index (χ1v) is 4.94. The van der Waals surface area contributed by atoms with Crippen LogP contribution in [0.25, 0.3) is 0 Å². The number of nitrogens with one attached hydrogen (secondary N) is 1. The summed E-state index contributed by atoms with van der Waals surface area (Å²) in [5, 5.41) is 3.09. The van der Waals surface area contributed by atoms with Crippen molar-refractivity contribution >= 4 is 52.1 Å². The molecule has 0 aliphatic rings. The fourth-order valence-corrected chi connectivity index (χ4v) is 1.40. The normalized spacial score (nSPS) is 9.93. The molecule has 1 aromatic carbocycles. The van der Waals surface area contributed by atoms with E-state index >= 15 is 0 Å². The van der Waals surface area contributed by atoms with Gasteiger partial charge < -0.3 is 11.1 Å². The van der Waals surface area contributed by atoms with Crippen LogP contribution in [0.3, 0.4) is 0 Å². The van der Waals surface area contributed by atoms with Crippen LogP contribution < -0.4 is 11.1 Å². The predicted molar refractivity (Wildman–Crippen MR) is 60.2 cm³/mol. The molecule has 0 atom stereocenters. The molecule has 1 amide bonds. The van der Waals surface area contributed by atoms with E-state index < -0.39 is 0 Å². The minimum absolute atomic E-state index is 0.125. The van der Waals surface area contributed by atoms with Crippen LogP contribution in [0.2, 0.25) is 10.0 Å². The fraction of sp³-hybridized carbons (Fsp3) is 0.125. The number of alkyl halides is 1. The van der Waals surface area contributed by atoms with Gasteiger partial charge in [0, 0.05) is 5.69 Å². The van der Waals surface area contributed by atoms with Gasteiger partial charge in [0.2, 0.25) is 5.91 Å². The summed E-state index contributed by atoms with van der Waals surface area (Å²) in [6.45, 7) is 0. The Labute approximate surface area is 96.1 Å². The molecule has 0 spiro atoms. The number of rotatable bonds is 2. The van der Waals surface area contributed by atoms with Crippen LogP contribution in [0.15, 0.2) is 12.1 Å². The monoisotopic (exact) mass is 252 g/mol. The van der Waals surface area contributed by atoms with Crippen LogP contribution in [-0.2, 0) is 4.79 Å². The maximum atomic E-state index is 10.9. The quantitative estimate of drug-likeness (QED) is 0.629. The number of amides is 1. The van der Waals surface area contributed by atoms with Gasteiger partial charge in [-0.2, -0.15) is 0 Å². The third-order valence-electron chi connectivity index (χ3n) is 1.48. The van der Waals surface area contributed by atoms with E-state index in [0.717, 1.165) is 0 Å². The van der Waals surface area contributed by atoms with E-state index in [9.17, 15) is 4.79 Å². The molecule has 0 aliphatic carbocycles. The molecule has 0 heterocycles. The second-order valence-electron chi connectivity index (χ2n) is 2.54. The zero-order valence-electron chi connectivity index (χ0n) is 6.98. The lowest BCUT2D eigenvalue weighted by Crippen LogP contribution is -2.12. The number of anilines is 2. The number of carbonyl (C=O) groups is 1. The van der Waals surface area contributed by atoms with Crippen LogP contribution in [0.4, 0.5) is 11.4 Å². The van der Waals surface area contributed by atoms with E-state index in [-0.39, 0.29) is 17.5 Å². The largest absolute Gasteiger partial charge is 0.396 e. The molecule has 3 nitrogen and oxygen atoms in total. The first-order valence-electron chi connectivity index (χ1n) is 3.65. The van der Waals surface area contributed by atoms with E-state index in [1.165, 1.54) is 12.1 Å². The number of nitrogens with two attached hydrogens (primary N) is 1. The Hall–Kier alpha value is -0.640. The third kappa shape index (κ3) is 2.67. The van der Waals surface area contributed by atoms with Gasteiger partial charge in [-0.25, -0.2) is 0 Å². The van der Waals surface area contributed by atoms with Gasteiger partial charge >= 0.3 is 0 Å². The highest BCUT2D eigenvalue weighted by molar-refractivity contribution is 6.39. The lowest BCUT2D eigenvalue weighted by atomic mass is 10.3. The Morgan fingerprint density at radius 2 is 1.86 bits per heavy atom. The molecular formula is C8H7Cl3N2O. The summed E-state index contributed by atoms with van der Waals surface area (Å²) in [4.78, 5) is 10.9. The van der Waals surface area contributed by atoms with Crippen molar-refractivity contribution in [3.05, 3.63) is 22.2 Å². The van der Waals surface area contributed by atoms with Crippen molar-refractivity contribution < 1.29 is 4.79 Å². The van der Waals surface area contributed by atoms with Gasteiger partial charge in [-0.15, -0.1) is 11.6 Å². The molecule has 1 aromatic rings. The summed E-state index contributed by atoms with van der Waals surface area (Å²) >= 11 is 16.8. The predicted octanol–water partition coefficient (Wildman–Crippen LogP) is 2.75. The average molecular weight is 254 g/mol. The lowest BCUT2D eigenvalue weighted by molar-refractivity contribution is -0.113. The molecule has 0 unspecified atom stereocenters. The van der Waals surface area contributed by atoms with Crippen molar-refractivity contribution in [2.45, 2.75) is 0 Å². The van der Waals surface area contributed by atoms with Crippen LogP contribution in [0, 0.1) is 0 Å². The van der Waals surface area contributed by atoms with Gasteiger partial charge in [-0.3, -0.25) is 4.79 Å². The summed E-state index contributed by atoms with van der Waals surface area (Å²) in [6, 6.07) is 3.01. The highest BCUT2D eigenvalue weighted by atomic mass is 35.5. The van der Waals surface area contributed by atoms with Crippen LogP contribution in [0.1, 0.15) is 0 Å². The second kappa shape index (κ2) is 4.73. The number of hydrogen-bond donors (Lipinski definition) is 2. The van der Waals surface area contributed by atoms with Crippen molar-refractivity contribution in [1.29, 1.82) is 0 Å². The van der Waals surface area contributed by atoms with Gasteiger partial charge in [0.15, 0.2) is 0 Å². The number of halogens is 3. The number of nitrogen functional groups attached to an aromatic ring is 1. The number of carbonyl (C=O) groups excluding carboxylic acids is 1. The number of hydrogen-bond acceptors (Lipinski definition) is 2. The highest BCUT2D eigenvalue weighted by Crippen LogP contribution is 2.30. The Bertz CT molecular complexity index is 345. The van der Waals surface area contributed by atoms with Gasteiger partial charge in [0.05, 0.1) is 15.7 Å². The maximum absolute atomic E-state index is 10.9. The van der Waals surface area contributed by atoms with E-state index in [2.05, 4.69) is 5.32 Å². The first kappa shape index (κ1) is 11.4. The second-order valence-corrected chi connectivity index (χ2v) is 3.62. The van der Waals surface area contributed by atoms with Crippen LogP contribution in [0.5, 0.6) is 0 Å². The van der Waals surface area contributed by atoms with Gasteiger partial charge in [0.1, 0.15) is 5.88 Å². The molecule has 1 rings (SSSR count). The lowest BCUT2D eigenvalue weighted by Gasteiger charge is -2.06. The Morgan fingerprint density at radius 3 is 2.29 bits per heavy atom. The third-order valence-corrected chi connectivity index (χ3v) is 2.35. The molecule has 0 bridgehead atoms. The summed E-state index contributed by atoms with van der Waals surface area (Å²) in [6.07, 6.45) is 0. The Morgan fingerprint density at radius 1 is 1.36 bits per heavy atom. The molecule has 0 saturated carbocycles. The van der Waals surface area contributed by atoms with Crippen molar-refractivity contribution in [1.82, 2.24) is 0 Å². The van der Waals surface area contributed by atoms with Gasteiger partial charge in [-0.05, 0) is 12.1 Å². The highest BCUT2D eigenvalue weighted by Gasteiger charge is 2.06. The smallest absolute Gasteiger partial charge is 0.239 e. The van der Waals surface area contributed by atoms with E-state index in [0.29, 0.717) is 15.7 Å². The van der Waals surface area contributed by atoms with E-state index in [1.54, 1.807) is 0 Å². The van der Waals surface area contributed by atoms with E-state index in [4.69, 9.17) is 40.5 Å². The molecule has 76 valence electrons. The van der Waals surface area contributed by atoms with Crippen molar-refractivity contribution in [3.8, 4) is 0 Å². The first-order chi connectivity index (χ1) is 6.54. The molecular weight excluding hydrogens is 246 g/mol. The molecule has 0 fully saturated rings. The van der Waals surface area contributed by atoms with E-state index in [1.807, 2.05) is 0 Å².